The van der Waals surface area contributed by atoms with Gasteiger partial charge in [0.05, 0.1) is 23.0 Å². The topological polar surface area (TPSA) is 66.4 Å². The van der Waals surface area contributed by atoms with Crippen LogP contribution in [-0.2, 0) is 17.3 Å². The van der Waals surface area contributed by atoms with Crippen LogP contribution in [-0.4, -0.2) is 34.5 Å². The Labute approximate surface area is 150 Å². The quantitative estimate of drug-likeness (QED) is 0.586. The van der Waals surface area contributed by atoms with E-state index in [1.807, 2.05) is 30.3 Å². The molecule has 0 amide bonds. The summed E-state index contributed by atoms with van der Waals surface area (Å²) in [5.74, 6) is 1.68. The van der Waals surface area contributed by atoms with Crippen molar-refractivity contribution in [1.82, 2.24) is 15.6 Å². The molecule has 0 aliphatic rings. The lowest BCUT2D eigenvalue weighted by molar-refractivity contribution is 0.681. The molecular formula is C17H24N4OS2. The normalized spacial score (nSPS) is 13.1. The molecule has 1 unspecified atom stereocenters. The van der Waals surface area contributed by atoms with Gasteiger partial charge in [-0.15, -0.1) is 11.3 Å². The van der Waals surface area contributed by atoms with Crippen LogP contribution in [0, 0.1) is 0 Å². The third kappa shape index (κ3) is 5.72. The second kappa shape index (κ2) is 9.54. The van der Waals surface area contributed by atoms with Gasteiger partial charge in [-0.1, -0.05) is 32.0 Å². The summed E-state index contributed by atoms with van der Waals surface area (Å²) in [4.78, 5) is 9.63. The van der Waals surface area contributed by atoms with Gasteiger partial charge in [0.2, 0.25) is 0 Å². The summed E-state index contributed by atoms with van der Waals surface area (Å²) in [7, 11) is 0.728. The first kappa shape index (κ1) is 18.6. The monoisotopic (exact) mass is 364 g/mol. The largest absolute Gasteiger partial charge is 0.355 e. The molecule has 1 atom stereocenters. The molecule has 0 aliphatic carbocycles. The van der Waals surface area contributed by atoms with Crippen LogP contribution in [0.1, 0.15) is 30.5 Å². The molecule has 0 spiro atoms. The van der Waals surface area contributed by atoms with E-state index < -0.39 is 10.8 Å². The average molecular weight is 365 g/mol. The van der Waals surface area contributed by atoms with Gasteiger partial charge in [0, 0.05) is 29.6 Å². The molecule has 2 aromatic rings. The van der Waals surface area contributed by atoms with Gasteiger partial charge >= 0.3 is 0 Å². The predicted molar refractivity (Wildman–Crippen MR) is 102 cm³/mol. The van der Waals surface area contributed by atoms with Crippen molar-refractivity contribution in [1.29, 1.82) is 0 Å². The molecule has 1 aromatic heterocycles. The first-order valence-electron chi connectivity index (χ1n) is 7.92. The van der Waals surface area contributed by atoms with Crippen LogP contribution < -0.4 is 10.6 Å². The summed E-state index contributed by atoms with van der Waals surface area (Å²) < 4.78 is 12.2. The lowest BCUT2D eigenvalue weighted by Crippen LogP contribution is -2.38. The van der Waals surface area contributed by atoms with Crippen molar-refractivity contribution in [2.75, 3.05) is 19.3 Å². The van der Waals surface area contributed by atoms with E-state index in [0.29, 0.717) is 30.7 Å². The highest BCUT2D eigenvalue weighted by atomic mass is 32.2. The summed E-state index contributed by atoms with van der Waals surface area (Å²) in [6.45, 7) is 5.51. The Morgan fingerprint density at radius 2 is 2.04 bits per heavy atom. The second-order valence-electron chi connectivity index (χ2n) is 5.54. The van der Waals surface area contributed by atoms with Crippen molar-refractivity contribution in [2.45, 2.75) is 31.2 Å². The van der Waals surface area contributed by atoms with Crippen molar-refractivity contribution in [3.05, 3.63) is 46.4 Å². The molecule has 7 heteroatoms. The molecule has 130 valence electrons. The highest BCUT2D eigenvalue weighted by Gasteiger charge is 2.07. The summed E-state index contributed by atoms with van der Waals surface area (Å²) in [5.41, 5.74) is 1.12. The van der Waals surface area contributed by atoms with Crippen molar-refractivity contribution >= 4 is 28.1 Å². The molecule has 5 nitrogen and oxygen atoms in total. The first-order valence-corrected chi connectivity index (χ1v) is 10.1. The third-order valence-corrected chi connectivity index (χ3v) is 5.62. The van der Waals surface area contributed by atoms with E-state index >= 15 is 0 Å². The Morgan fingerprint density at radius 3 is 2.67 bits per heavy atom. The summed E-state index contributed by atoms with van der Waals surface area (Å²) in [5, 5.41) is 9.57. The van der Waals surface area contributed by atoms with Crippen molar-refractivity contribution in [2.24, 2.45) is 4.99 Å². The molecule has 2 rings (SSSR count). The predicted octanol–water partition coefficient (Wildman–Crippen LogP) is 2.74. The Hall–Kier alpha value is -1.73. The van der Waals surface area contributed by atoms with Crippen molar-refractivity contribution in [3.63, 3.8) is 0 Å². The lowest BCUT2D eigenvalue weighted by atomic mass is 10.2. The van der Waals surface area contributed by atoms with Crippen molar-refractivity contribution in [3.8, 4) is 0 Å². The van der Waals surface area contributed by atoms with Gasteiger partial charge in [0.15, 0.2) is 5.96 Å². The smallest absolute Gasteiger partial charge is 0.191 e. The lowest BCUT2D eigenvalue weighted by Gasteiger charge is -2.10. The molecule has 0 saturated heterocycles. The minimum absolute atomic E-state index is 0.445. The summed E-state index contributed by atoms with van der Waals surface area (Å²) >= 11 is 1.65. The fourth-order valence-corrected chi connectivity index (χ4v) is 3.88. The van der Waals surface area contributed by atoms with Gasteiger partial charge in [-0.2, -0.15) is 0 Å². The van der Waals surface area contributed by atoms with E-state index in [-0.39, 0.29) is 0 Å². The van der Waals surface area contributed by atoms with Crippen LogP contribution in [0.2, 0.25) is 0 Å². The number of aliphatic imine (C=N–C) groups is 1. The fourth-order valence-electron chi connectivity index (χ4n) is 2.00. The molecule has 1 heterocycles. The van der Waals surface area contributed by atoms with Crippen LogP contribution in [0.4, 0.5) is 0 Å². The number of nitrogens with one attached hydrogen (secondary N) is 2. The highest BCUT2D eigenvalue weighted by Crippen LogP contribution is 2.17. The zero-order valence-corrected chi connectivity index (χ0v) is 15.9. The van der Waals surface area contributed by atoms with E-state index in [2.05, 4.69) is 39.8 Å². The third-order valence-electron chi connectivity index (χ3n) is 3.38. The molecule has 24 heavy (non-hydrogen) atoms. The maximum Gasteiger partial charge on any atom is 0.191 e. The average Bonchev–Trinajstić information content (AvgIpc) is 3.08. The van der Waals surface area contributed by atoms with Crippen LogP contribution >= 0.6 is 11.3 Å². The van der Waals surface area contributed by atoms with Crippen LogP contribution in [0.25, 0.3) is 0 Å². The van der Waals surface area contributed by atoms with E-state index in [1.54, 1.807) is 18.4 Å². The minimum Gasteiger partial charge on any atom is -0.355 e. The van der Waals surface area contributed by atoms with Gasteiger partial charge in [0.25, 0.3) is 0 Å². The van der Waals surface area contributed by atoms with E-state index in [9.17, 15) is 4.21 Å². The Kier molecular flexibility index (Phi) is 7.39. The molecule has 0 radical (unpaired) electrons. The van der Waals surface area contributed by atoms with Gasteiger partial charge in [0.1, 0.15) is 5.01 Å². The van der Waals surface area contributed by atoms with E-state index in [1.165, 1.54) is 0 Å². The molecule has 0 aliphatic heterocycles. The Balaban J connectivity index is 1.75. The SMILES string of the molecule is CN=C(NCCS(=O)c1ccccc1)NCc1nc(C(C)C)cs1. The fraction of sp³-hybridized carbons (Fsp3) is 0.412. The van der Waals surface area contributed by atoms with Crippen molar-refractivity contribution < 1.29 is 4.21 Å². The zero-order chi connectivity index (χ0) is 17.4. The van der Waals surface area contributed by atoms with E-state index in [0.717, 1.165) is 15.6 Å². The number of benzene rings is 1. The number of hydrogen-bond acceptors (Lipinski definition) is 4. The van der Waals surface area contributed by atoms with Gasteiger partial charge in [-0.05, 0) is 18.1 Å². The Morgan fingerprint density at radius 1 is 1.29 bits per heavy atom. The molecule has 0 bridgehead atoms. The number of hydrogen-bond donors (Lipinski definition) is 2. The zero-order valence-electron chi connectivity index (χ0n) is 14.3. The summed E-state index contributed by atoms with van der Waals surface area (Å²) in [6, 6.07) is 9.51. The van der Waals surface area contributed by atoms with Crippen LogP contribution in [0.15, 0.2) is 45.6 Å². The number of guanidine groups is 1. The first-order chi connectivity index (χ1) is 11.6. The van der Waals surface area contributed by atoms with Gasteiger partial charge in [-0.25, -0.2) is 4.98 Å². The standard InChI is InChI=1S/C17H24N4OS2/c1-13(2)15-12-23-16(21-15)11-20-17(18-3)19-9-10-24(22)14-7-5-4-6-8-14/h4-8,12-13H,9-11H2,1-3H3,(H2,18,19,20). The molecule has 0 fully saturated rings. The molecule has 0 saturated carbocycles. The summed E-state index contributed by atoms with van der Waals surface area (Å²) in [6.07, 6.45) is 0. The molecule has 1 aromatic carbocycles. The number of nitrogens with zero attached hydrogens (tertiary/aromatic N) is 2. The molecular weight excluding hydrogens is 340 g/mol. The number of aromatic nitrogens is 1. The van der Waals surface area contributed by atoms with Crippen LogP contribution in [0.3, 0.4) is 0 Å². The highest BCUT2D eigenvalue weighted by molar-refractivity contribution is 7.85. The Bertz CT molecular complexity index is 683. The minimum atomic E-state index is -0.999. The van der Waals surface area contributed by atoms with Gasteiger partial charge in [-0.3, -0.25) is 9.20 Å². The maximum absolute atomic E-state index is 12.2. The molecule has 2 N–H and O–H groups in total. The maximum atomic E-state index is 12.2. The second-order valence-corrected chi connectivity index (χ2v) is 8.05. The van der Waals surface area contributed by atoms with Crippen LogP contribution in [0.5, 0.6) is 0 Å². The van der Waals surface area contributed by atoms with E-state index in [4.69, 9.17) is 0 Å². The van der Waals surface area contributed by atoms with Gasteiger partial charge < -0.3 is 10.6 Å². The number of rotatable bonds is 7. The number of thiazole rings is 1.